The summed E-state index contributed by atoms with van der Waals surface area (Å²) in [5.74, 6) is -1.58. The number of hydrogen-bond acceptors (Lipinski definition) is 4. The van der Waals surface area contributed by atoms with Crippen molar-refractivity contribution in [1.82, 2.24) is 9.29 Å². The highest BCUT2D eigenvalue weighted by Gasteiger charge is 2.43. The molecule has 0 aliphatic carbocycles. The minimum absolute atomic E-state index is 0.0156. The molecule has 3 heterocycles. The predicted molar refractivity (Wildman–Crippen MR) is 74.0 cm³/mol. The molecule has 0 aromatic carbocycles. The molecule has 2 aromatic heterocycles. The van der Waals surface area contributed by atoms with Crippen LogP contribution in [0, 0.1) is 6.92 Å². The lowest BCUT2D eigenvalue weighted by Crippen LogP contribution is -2.36. The summed E-state index contributed by atoms with van der Waals surface area (Å²) >= 11 is 0. The number of alkyl halides is 3. The van der Waals surface area contributed by atoms with Crippen LogP contribution in [0.4, 0.5) is 13.2 Å². The van der Waals surface area contributed by atoms with Crippen molar-refractivity contribution < 1.29 is 26.0 Å². The predicted octanol–water partition coefficient (Wildman–Crippen LogP) is 2.75. The van der Waals surface area contributed by atoms with E-state index in [0.717, 1.165) is 21.5 Å². The largest absolute Gasteiger partial charge is 0.455 e. The molecule has 1 aliphatic rings. The molecule has 9 heteroatoms. The van der Waals surface area contributed by atoms with Crippen molar-refractivity contribution in [3.05, 3.63) is 47.2 Å². The molecule has 5 nitrogen and oxygen atoms in total. The zero-order chi connectivity index (χ0) is 16.8. The number of aromatic nitrogens is 1. The van der Waals surface area contributed by atoms with Crippen LogP contribution in [-0.4, -0.2) is 24.3 Å². The van der Waals surface area contributed by atoms with E-state index in [1.54, 1.807) is 12.3 Å². The molecule has 0 radical (unpaired) electrons. The zero-order valence-electron chi connectivity index (χ0n) is 12.1. The van der Waals surface area contributed by atoms with Crippen LogP contribution in [0.3, 0.4) is 0 Å². The molecule has 1 aliphatic heterocycles. The SMILES string of the molecule is Cc1cc(S(=O)(=O)N2CCc3cnccc3C2)c(C(F)(F)F)o1. The average Bonchev–Trinajstić information content (AvgIpc) is 2.90. The zero-order valence-corrected chi connectivity index (χ0v) is 12.9. The Kier molecular flexibility index (Phi) is 3.72. The first-order valence-electron chi connectivity index (χ1n) is 6.79. The molecule has 0 fully saturated rings. The Bertz CT molecular complexity index is 843. The molecule has 0 bridgehead atoms. The molecule has 0 N–H and O–H groups in total. The van der Waals surface area contributed by atoms with Gasteiger partial charge in [0.05, 0.1) is 0 Å². The van der Waals surface area contributed by atoms with E-state index >= 15 is 0 Å². The molecular weight excluding hydrogens is 333 g/mol. The standard InChI is InChI=1S/C14H13F3N2O3S/c1-9-6-12(13(22-9)14(15,16)17)23(20,21)19-5-3-10-7-18-4-2-11(10)8-19/h2,4,6-7H,3,5,8H2,1H3. The van der Waals surface area contributed by atoms with Crippen LogP contribution < -0.4 is 0 Å². The summed E-state index contributed by atoms with van der Waals surface area (Å²) in [4.78, 5) is 3.13. The van der Waals surface area contributed by atoms with Gasteiger partial charge in [-0.25, -0.2) is 8.42 Å². The van der Waals surface area contributed by atoms with Crippen molar-refractivity contribution >= 4 is 10.0 Å². The third-order valence-corrected chi connectivity index (χ3v) is 5.53. The Balaban J connectivity index is 2.01. The summed E-state index contributed by atoms with van der Waals surface area (Å²) in [5, 5.41) is 0. The lowest BCUT2D eigenvalue weighted by Gasteiger charge is -2.27. The van der Waals surface area contributed by atoms with Crippen LogP contribution in [0.1, 0.15) is 22.6 Å². The number of halogens is 3. The third-order valence-electron chi connectivity index (χ3n) is 3.68. The van der Waals surface area contributed by atoms with Crippen molar-refractivity contribution in [3.63, 3.8) is 0 Å². The van der Waals surface area contributed by atoms with E-state index in [4.69, 9.17) is 0 Å². The normalized spacial score (nSPS) is 16.3. The minimum atomic E-state index is -4.87. The summed E-state index contributed by atoms with van der Waals surface area (Å²) in [6, 6.07) is 2.59. The van der Waals surface area contributed by atoms with Gasteiger partial charge in [-0.1, -0.05) is 0 Å². The van der Waals surface area contributed by atoms with Crippen LogP contribution in [0.5, 0.6) is 0 Å². The number of hydrogen-bond donors (Lipinski definition) is 0. The number of nitrogens with zero attached hydrogens (tertiary/aromatic N) is 2. The van der Waals surface area contributed by atoms with Crippen LogP contribution in [0.25, 0.3) is 0 Å². The fourth-order valence-electron chi connectivity index (χ4n) is 2.57. The Morgan fingerprint density at radius 1 is 1.30 bits per heavy atom. The van der Waals surface area contributed by atoms with Crippen molar-refractivity contribution in [3.8, 4) is 0 Å². The van der Waals surface area contributed by atoms with E-state index in [2.05, 4.69) is 9.40 Å². The monoisotopic (exact) mass is 346 g/mol. The number of sulfonamides is 1. The summed E-state index contributed by atoms with van der Waals surface area (Å²) in [7, 11) is -4.30. The van der Waals surface area contributed by atoms with Crippen molar-refractivity contribution in [2.45, 2.75) is 31.0 Å². The van der Waals surface area contributed by atoms with E-state index in [0.29, 0.717) is 6.42 Å². The summed E-state index contributed by atoms with van der Waals surface area (Å²) < 4.78 is 69.9. The van der Waals surface area contributed by atoms with Gasteiger partial charge in [0.15, 0.2) is 0 Å². The number of aryl methyl sites for hydroxylation is 1. The number of fused-ring (bicyclic) bond motifs is 1. The van der Waals surface area contributed by atoms with Gasteiger partial charge < -0.3 is 4.42 Å². The Labute approximate surface area is 130 Å². The second-order valence-corrected chi connectivity index (χ2v) is 7.19. The summed E-state index contributed by atoms with van der Waals surface area (Å²) in [6.07, 6.45) is -1.30. The summed E-state index contributed by atoms with van der Waals surface area (Å²) in [5.41, 5.74) is 1.64. The number of pyridine rings is 1. The maximum absolute atomic E-state index is 13.0. The molecule has 124 valence electrons. The van der Waals surface area contributed by atoms with E-state index in [-0.39, 0.29) is 18.8 Å². The van der Waals surface area contributed by atoms with Gasteiger partial charge in [0.25, 0.3) is 0 Å². The molecule has 0 atom stereocenters. The lowest BCUT2D eigenvalue weighted by molar-refractivity contribution is -0.156. The highest BCUT2D eigenvalue weighted by molar-refractivity contribution is 7.89. The Hall–Kier alpha value is -1.87. The molecule has 23 heavy (non-hydrogen) atoms. The van der Waals surface area contributed by atoms with E-state index in [1.165, 1.54) is 13.1 Å². The molecule has 2 aromatic rings. The molecule has 0 saturated carbocycles. The van der Waals surface area contributed by atoms with Gasteiger partial charge >= 0.3 is 6.18 Å². The van der Waals surface area contributed by atoms with Gasteiger partial charge in [-0.2, -0.15) is 17.5 Å². The first kappa shape index (κ1) is 16.0. The molecule has 3 rings (SSSR count). The third kappa shape index (κ3) is 2.86. The Morgan fingerprint density at radius 2 is 2.04 bits per heavy atom. The van der Waals surface area contributed by atoms with E-state index < -0.39 is 26.9 Å². The minimum Gasteiger partial charge on any atom is -0.455 e. The number of furan rings is 1. The van der Waals surface area contributed by atoms with Crippen molar-refractivity contribution in [2.24, 2.45) is 0 Å². The van der Waals surface area contributed by atoms with Gasteiger partial charge in [-0.05, 0) is 30.5 Å². The van der Waals surface area contributed by atoms with Gasteiger partial charge in [-0.15, -0.1) is 0 Å². The second-order valence-electron chi connectivity index (χ2n) is 5.28. The van der Waals surface area contributed by atoms with Gasteiger partial charge in [-0.3, -0.25) is 4.98 Å². The topological polar surface area (TPSA) is 63.4 Å². The van der Waals surface area contributed by atoms with Gasteiger partial charge in [0, 0.05) is 31.5 Å². The first-order chi connectivity index (χ1) is 10.7. The highest BCUT2D eigenvalue weighted by Crippen LogP contribution is 2.38. The molecular formula is C14H13F3N2O3S. The fourth-order valence-corrected chi connectivity index (χ4v) is 4.20. The Morgan fingerprint density at radius 3 is 2.74 bits per heavy atom. The van der Waals surface area contributed by atoms with Gasteiger partial charge in [0.1, 0.15) is 10.7 Å². The van der Waals surface area contributed by atoms with Gasteiger partial charge in [0.2, 0.25) is 15.8 Å². The van der Waals surface area contributed by atoms with E-state index in [9.17, 15) is 21.6 Å². The first-order valence-corrected chi connectivity index (χ1v) is 8.23. The lowest BCUT2D eigenvalue weighted by atomic mass is 10.0. The van der Waals surface area contributed by atoms with Crippen LogP contribution in [0.2, 0.25) is 0 Å². The molecule has 0 spiro atoms. The average molecular weight is 346 g/mol. The fraction of sp³-hybridized carbons (Fsp3) is 0.357. The van der Waals surface area contributed by atoms with Crippen LogP contribution in [-0.2, 0) is 29.2 Å². The van der Waals surface area contributed by atoms with Crippen LogP contribution >= 0.6 is 0 Å². The summed E-state index contributed by atoms with van der Waals surface area (Å²) in [6.45, 7) is 1.40. The quantitative estimate of drug-likeness (QED) is 0.839. The smallest absolute Gasteiger partial charge is 0.450 e. The molecule has 0 saturated heterocycles. The maximum atomic E-state index is 13.0. The highest BCUT2D eigenvalue weighted by atomic mass is 32.2. The number of rotatable bonds is 2. The maximum Gasteiger partial charge on any atom is 0.450 e. The van der Waals surface area contributed by atoms with E-state index in [1.807, 2.05) is 0 Å². The molecule has 0 amide bonds. The molecule has 0 unspecified atom stereocenters. The van der Waals surface area contributed by atoms with Crippen molar-refractivity contribution in [1.29, 1.82) is 0 Å². The second kappa shape index (κ2) is 5.34. The van der Waals surface area contributed by atoms with Crippen LogP contribution in [0.15, 0.2) is 33.8 Å². The van der Waals surface area contributed by atoms with Crippen molar-refractivity contribution in [2.75, 3.05) is 6.54 Å².